The van der Waals surface area contributed by atoms with E-state index in [1.165, 1.54) is 283 Å². The first-order valence-corrected chi connectivity index (χ1v) is 41.6. The largest absolute Gasteiger partial charge is 0.394 e. The summed E-state index contributed by atoms with van der Waals surface area (Å²) in [6.07, 6.45) is 49.0. The minimum absolute atomic E-state index is 0.249. The van der Waals surface area contributed by atoms with Crippen molar-refractivity contribution in [3.63, 3.8) is 0 Å². The van der Waals surface area contributed by atoms with Crippen LogP contribution in [-0.2, 0) is 33.2 Å². The van der Waals surface area contributed by atoms with Gasteiger partial charge in [0.15, 0.2) is 18.9 Å². The number of aliphatic hydroxyl groups excluding tert-OH is 11. The molecule has 590 valence electrons. The van der Waals surface area contributed by atoms with Crippen molar-refractivity contribution in [2.45, 2.75) is 458 Å². The molecule has 0 radical (unpaired) electrons. The van der Waals surface area contributed by atoms with E-state index in [1.807, 2.05) is 6.08 Å². The van der Waals surface area contributed by atoms with E-state index in [2.05, 4.69) is 31.3 Å². The summed E-state index contributed by atoms with van der Waals surface area (Å²) >= 11 is 0. The predicted octanol–water partition coefficient (Wildman–Crippen LogP) is 14.1. The predicted molar refractivity (Wildman–Crippen MR) is 397 cm³/mol. The number of unbranched alkanes of at least 4 members (excludes halogenated alkanes) is 49. The second-order valence-electron chi connectivity index (χ2n) is 29.9. The van der Waals surface area contributed by atoms with Gasteiger partial charge in [0.25, 0.3) is 0 Å². The number of rotatable bonds is 67. The third-order valence-electron chi connectivity index (χ3n) is 21.0. The quantitative estimate of drug-likeness (QED) is 0.0199. The molecule has 0 aliphatic carbocycles. The van der Waals surface area contributed by atoms with Crippen LogP contribution in [0.15, 0.2) is 24.3 Å². The summed E-state index contributed by atoms with van der Waals surface area (Å²) < 4.78 is 34.4. The van der Waals surface area contributed by atoms with Gasteiger partial charge in [-0.2, -0.15) is 0 Å². The second kappa shape index (κ2) is 62.3. The summed E-state index contributed by atoms with van der Waals surface area (Å²) in [5, 5.41) is 121. The Hall–Kier alpha value is -1.73. The summed E-state index contributed by atoms with van der Waals surface area (Å²) in [5.41, 5.74) is 0. The van der Waals surface area contributed by atoms with Crippen LogP contribution in [0.3, 0.4) is 0 Å². The zero-order valence-electron chi connectivity index (χ0n) is 63.2. The Morgan fingerprint density at radius 2 is 0.630 bits per heavy atom. The summed E-state index contributed by atoms with van der Waals surface area (Å²) in [6, 6.07) is -0.971. The summed E-state index contributed by atoms with van der Waals surface area (Å²) in [5.74, 6) is -0.268. The molecule has 0 bridgehead atoms. The number of amides is 1. The lowest BCUT2D eigenvalue weighted by Crippen LogP contribution is -2.66. The molecule has 100 heavy (non-hydrogen) atoms. The molecular formula is C81H153NO18. The van der Waals surface area contributed by atoms with E-state index in [9.17, 15) is 61.0 Å². The Morgan fingerprint density at radius 1 is 0.350 bits per heavy atom. The zero-order valence-corrected chi connectivity index (χ0v) is 63.2. The minimum Gasteiger partial charge on any atom is -0.394 e. The van der Waals surface area contributed by atoms with Gasteiger partial charge in [0, 0.05) is 6.42 Å². The van der Waals surface area contributed by atoms with Gasteiger partial charge in [0.05, 0.1) is 38.6 Å². The standard InChI is InChI=1S/C81H153NO18/c1-3-5-7-9-11-13-15-17-19-21-23-24-25-26-27-28-29-30-31-32-33-34-35-36-37-38-39-40-41-43-45-47-49-51-53-55-57-59-69(87)82-64(65(86)58-56-54-52-50-48-46-44-42-22-20-18-16-14-12-10-8-6-4-2)63-95-79-75(93)72(90)77(67(61-84)97-79)100-81-76(94)73(91)78(68(62-85)98-81)99-80-74(92)71(89)70(88)66(60-83)96-80/h21,23,56,58,64-68,70-81,83-86,88-94H,3-20,22,24-55,57,59-63H2,1-2H3,(H,82,87)/b23-21-,58-56+. The molecule has 0 aromatic heterocycles. The van der Waals surface area contributed by atoms with Crippen molar-refractivity contribution in [1.82, 2.24) is 5.32 Å². The van der Waals surface area contributed by atoms with Gasteiger partial charge in [0.2, 0.25) is 5.91 Å². The number of hydrogen-bond acceptors (Lipinski definition) is 18. The molecule has 3 aliphatic rings. The van der Waals surface area contributed by atoms with Crippen LogP contribution in [0.5, 0.6) is 0 Å². The molecule has 19 nitrogen and oxygen atoms in total. The van der Waals surface area contributed by atoms with Crippen LogP contribution >= 0.6 is 0 Å². The zero-order chi connectivity index (χ0) is 72.5. The van der Waals surface area contributed by atoms with E-state index >= 15 is 0 Å². The van der Waals surface area contributed by atoms with Crippen LogP contribution in [0.25, 0.3) is 0 Å². The van der Waals surface area contributed by atoms with Gasteiger partial charge >= 0.3 is 0 Å². The Balaban J connectivity index is 1.31. The van der Waals surface area contributed by atoms with Gasteiger partial charge in [0.1, 0.15) is 73.2 Å². The average Bonchev–Trinajstić information content (AvgIpc) is 0.783. The molecule has 3 saturated heterocycles. The first-order valence-electron chi connectivity index (χ1n) is 41.6. The van der Waals surface area contributed by atoms with Crippen LogP contribution < -0.4 is 5.32 Å². The second-order valence-corrected chi connectivity index (χ2v) is 29.9. The Labute approximate surface area is 607 Å². The highest BCUT2D eigenvalue weighted by Crippen LogP contribution is 2.33. The molecule has 3 rings (SSSR count). The number of ether oxygens (including phenoxy) is 6. The smallest absolute Gasteiger partial charge is 0.220 e. The molecule has 3 heterocycles. The van der Waals surface area contributed by atoms with E-state index in [4.69, 9.17) is 28.4 Å². The molecule has 3 aliphatic heterocycles. The molecule has 0 spiro atoms. The topological polar surface area (TPSA) is 307 Å². The maximum Gasteiger partial charge on any atom is 0.220 e. The fourth-order valence-corrected chi connectivity index (χ4v) is 14.3. The lowest BCUT2D eigenvalue weighted by atomic mass is 9.96. The van der Waals surface area contributed by atoms with Gasteiger partial charge < -0.3 is 89.9 Å². The van der Waals surface area contributed by atoms with Gasteiger partial charge in [-0.15, -0.1) is 0 Å². The molecule has 0 aromatic rings. The fraction of sp³-hybridized carbons (Fsp3) is 0.938. The number of aliphatic hydroxyl groups is 11. The maximum absolute atomic E-state index is 13.5. The van der Waals surface area contributed by atoms with Gasteiger partial charge in [-0.25, -0.2) is 0 Å². The van der Waals surface area contributed by atoms with Crippen LogP contribution in [0.1, 0.15) is 354 Å². The summed E-state index contributed by atoms with van der Waals surface area (Å²) in [6.45, 7) is 1.79. The van der Waals surface area contributed by atoms with Gasteiger partial charge in [-0.3, -0.25) is 4.79 Å². The monoisotopic (exact) mass is 1430 g/mol. The van der Waals surface area contributed by atoms with Crippen molar-refractivity contribution in [1.29, 1.82) is 0 Å². The highest BCUT2D eigenvalue weighted by molar-refractivity contribution is 5.76. The normalized spacial score (nSPS) is 26.5. The molecular weight excluding hydrogens is 1270 g/mol. The van der Waals surface area contributed by atoms with E-state index in [1.54, 1.807) is 6.08 Å². The van der Waals surface area contributed by atoms with E-state index < -0.39 is 124 Å². The third kappa shape index (κ3) is 42.0. The minimum atomic E-state index is -1.98. The van der Waals surface area contributed by atoms with E-state index in [0.29, 0.717) is 6.42 Å². The maximum atomic E-state index is 13.5. The first kappa shape index (κ1) is 92.5. The number of allylic oxidation sites excluding steroid dienone is 3. The molecule has 1 amide bonds. The lowest BCUT2D eigenvalue weighted by molar-refractivity contribution is -0.379. The third-order valence-corrected chi connectivity index (χ3v) is 21.0. The summed E-state index contributed by atoms with van der Waals surface area (Å²) in [7, 11) is 0. The van der Waals surface area contributed by atoms with E-state index in [-0.39, 0.29) is 18.9 Å². The molecule has 19 heteroatoms. The molecule has 0 aromatic carbocycles. The summed E-state index contributed by atoms with van der Waals surface area (Å²) in [4.78, 5) is 13.5. The fourth-order valence-electron chi connectivity index (χ4n) is 14.3. The number of carbonyl (C=O) groups is 1. The van der Waals surface area contributed by atoms with Crippen LogP contribution in [0.2, 0.25) is 0 Å². The number of carbonyl (C=O) groups excluding carboxylic acids is 1. The molecule has 17 atom stereocenters. The molecule has 3 fully saturated rings. The van der Waals surface area contributed by atoms with Crippen molar-refractivity contribution in [2.24, 2.45) is 0 Å². The van der Waals surface area contributed by atoms with Crippen molar-refractivity contribution in [3.8, 4) is 0 Å². The molecule has 0 saturated carbocycles. The SMILES string of the molecule is CCCCCCCCCC/C=C\CCCCCCCCCCCCCCCCCCCCCCCCCCCC(=O)NC(COC1OC(CO)C(OC2OC(CO)C(OC3OC(CO)C(O)C(O)C3O)C(O)C2O)C(O)C1O)C(O)/C=C/CCCCCCCCCCCCCCCCCC. The van der Waals surface area contributed by atoms with E-state index in [0.717, 1.165) is 44.9 Å². The van der Waals surface area contributed by atoms with Crippen molar-refractivity contribution in [3.05, 3.63) is 24.3 Å². The highest BCUT2D eigenvalue weighted by atomic mass is 16.8. The number of nitrogens with one attached hydrogen (secondary N) is 1. The van der Waals surface area contributed by atoms with Crippen LogP contribution in [0.4, 0.5) is 0 Å². The Bertz CT molecular complexity index is 1900. The van der Waals surface area contributed by atoms with Crippen LogP contribution in [-0.4, -0.2) is 193 Å². The Morgan fingerprint density at radius 3 is 0.970 bits per heavy atom. The first-order chi connectivity index (χ1) is 48.8. The molecule has 12 N–H and O–H groups in total. The van der Waals surface area contributed by atoms with Crippen molar-refractivity contribution < 1.29 is 89.4 Å². The molecule has 17 unspecified atom stereocenters. The number of hydrogen-bond donors (Lipinski definition) is 12. The average molecular weight is 1430 g/mol. The van der Waals surface area contributed by atoms with Crippen molar-refractivity contribution in [2.75, 3.05) is 26.4 Å². The van der Waals surface area contributed by atoms with Crippen molar-refractivity contribution >= 4 is 5.91 Å². The van der Waals surface area contributed by atoms with Gasteiger partial charge in [-0.05, 0) is 44.9 Å². The van der Waals surface area contributed by atoms with Crippen LogP contribution in [0, 0.1) is 0 Å². The lowest BCUT2D eigenvalue weighted by Gasteiger charge is -2.48. The highest BCUT2D eigenvalue weighted by Gasteiger charge is 2.54. The van der Waals surface area contributed by atoms with Gasteiger partial charge in [-0.1, -0.05) is 327 Å². The Kier molecular flexibility index (Phi) is 57.6.